The lowest BCUT2D eigenvalue weighted by molar-refractivity contribution is -0.142. The van der Waals surface area contributed by atoms with Crippen LogP contribution in [-0.4, -0.2) is 31.3 Å². The smallest absolute Gasteiger partial charge is 0.355 e. The molecular formula is C25H30N4O5. The highest BCUT2D eigenvalue weighted by atomic mass is 16.5. The van der Waals surface area contributed by atoms with Crippen molar-refractivity contribution in [2.45, 2.75) is 53.3 Å². The van der Waals surface area contributed by atoms with Crippen molar-refractivity contribution in [1.82, 2.24) is 14.1 Å². The third kappa shape index (κ3) is 5.72. The first-order valence-corrected chi connectivity index (χ1v) is 11.1. The minimum absolute atomic E-state index is 0.0305. The molecule has 34 heavy (non-hydrogen) atoms. The Kier molecular flexibility index (Phi) is 7.55. The molecule has 3 aromatic rings. The molecule has 0 amide bonds. The summed E-state index contributed by atoms with van der Waals surface area (Å²) in [6.07, 6.45) is 0.0305. The number of nitrogens with one attached hydrogen (secondary N) is 1. The largest absolute Gasteiger partial charge is 0.491 e. The molecule has 0 spiro atoms. The van der Waals surface area contributed by atoms with E-state index in [0.717, 1.165) is 15.7 Å². The van der Waals surface area contributed by atoms with Gasteiger partial charge in [0.25, 0.3) is 0 Å². The minimum Gasteiger partial charge on any atom is -0.491 e. The predicted molar refractivity (Wildman–Crippen MR) is 130 cm³/mol. The van der Waals surface area contributed by atoms with E-state index < -0.39 is 29.3 Å². The van der Waals surface area contributed by atoms with Crippen LogP contribution >= 0.6 is 0 Å². The number of hydrogen-bond acceptors (Lipinski definition) is 6. The van der Waals surface area contributed by atoms with E-state index in [1.54, 1.807) is 24.3 Å². The quantitative estimate of drug-likeness (QED) is 0.495. The number of benzene rings is 2. The molecule has 180 valence electrons. The van der Waals surface area contributed by atoms with Gasteiger partial charge in [-0.2, -0.15) is 4.98 Å². The van der Waals surface area contributed by atoms with Crippen molar-refractivity contribution in [2.75, 3.05) is 5.32 Å². The van der Waals surface area contributed by atoms with Crippen LogP contribution in [0.15, 0.2) is 58.1 Å². The maximum Gasteiger partial charge on any atom is 0.355 e. The maximum absolute atomic E-state index is 13.4. The van der Waals surface area contributed by atoms with Crippen LogP contribution in [0.25, 0.3) is 0 Å². The average Bonchev–Trinajstić information content (AvgIpc) is 2.77. The molecule has 0 unspecified atom stereocenters. The first kappa shape index (κ1) is 24.8. The summed E-state index contributed by atoms with van der Waals surface area (Å²) < 4.78 is 7.90. The Labute approximate surface area is 197 Å². The molecule has 0 fully saturated rings. The lowest BCUT2D eigenvalue weighted by Gasteiger charge is -2.21. The first-order valence-electron chi connectivity index (χ1n) is 11.1. The number of anilines is 2. The van der Waals surface area contributed by atoms with E-state index in [1.807, 2.05) is 45.0 Å². The second-order valence-electron chi connectivity index (χ2n) is 8.63. The number of aromatic nitrogens is 3. The molecule has 0 saturated carbocycles. The van der Waals surface area contributed by atoms with Crippen molar-refractivity contribution in [2.24, 2.45) is 5.92 Å². The van der Waals surface area contributed by atoms with E-state index in [1.165, 1.54) is 18.4 Å². The van der Waals surface area contributed by atoms with Crippen LogP contribution in [0.5, 0.6) is 5.75 Å². The highest BCUT2D eigenvalue weighted by Crippen LogP contribution is 2.20. The molecule has 2 aromatic carbocycles. The zero-order chi connectivity index (χ0) is 25.0. The highest BCUT2D eigenvalue weighted by Gasteiger charge is 2.26. The number of nitrogens with zero attached hydrogens (tertiary/aromatic N) is 3. The molecule has 9 nitrogen and oxygen atoms in total. The SMILES string of the molecule is Cc1ccc(Cn2c(Nc3ccc(OC(C)C)cc3)nc(=O)n([C@@H](C)[C@@H](C)C(=O)O)c2=O)cc1. The Balaban J connectivity index is 2.06. The Hall–Kier alpha value is -3.88. The summed E-state index contributed by atoms with van der Waals surface area (Å²) in [5, 5.41) is 12.4. The third-order valence-electron chi connectivity index (χ3n) is 5.56. The molecule has 0 aliphatic carbocycles. The topological polar surface area (TPSA) is 115 Å². The molecule has 3 rings (SSSR count). The second-order valence-corrected chi connectivity index (χ2v) is 8.63. The molecule has 2 N–H and O–H groups in total. The van der Waals surface area contributed by atoms with Gasteiger partial charge in [0.15, 0.2) is 0 Å². The average molecular weight is 467 g/mol. The number of ether oxygens (including phenoxy) is 1. The summed E-state index contributed by atoms with van der Waals surface area (Å²) in [5.74, 6) is -1.29. The summed E-state index contributed by atoms with van der Waals surface area (Å²) in [7, 11) is 0. The molecule has 9 heteroatoms. The van der Waals surface area contributed by atoms with E-state index in [-0.39, 0.29) is 18.6 Å². The van der Waals surface area contributed by atoms with E-state index in [4.69, 9.17) is 4.74 Å². The van der Waals surface area contributed by atoms with Gasteiger partial charge in [0.05, 0.1) is 24.6 Å². The Morgan fingerprint density at radius 3 is 2.21 bits per heavy atom. The Morgan fingerprint density at radius 2 is 1.65 bits per heavy atom. The number of rotatable bonds is 9. The lowest BCUT2D eigenvalue weighted by Crippen LogP contribution is -2.46. The normalized spacial score (nSPS) is 12.9. The first-order chi connectivity index (χ1) is 16.1. The van der Waals surface area contributed by atoms with Crippen molar-refractivity contribution in [1.29, 1.82) is 0 Å². The number of carboxylic acids is 1. The molecule has 1 aromatic heterocycles. The summed E-state index contributed by atoms with van der Waals surface area (Å²) in [6.45, 7) is 8.96. The lowest BCUT2D eigenvalue weighted by atomic mass is 10.0. The fourth-order valence-corrected chi connectivity index (χ4v) is 3.42. The van der Waals surface area contributed by atoms with Crippen LogP contribution < -0.4 is 21.4 Å². The molecule has 0 aliphatic heterocycles. The van der Waals surface area contributed by atoms with E-state index >= 15 is 0 Å². The van der Waals surface area contributed by atoms with Gasteiger partial charge < -0.3 is 15.2 Å². The number of carboxylic acid groups (broad SMARTS) is 1. The van der Waals surface area contributed by atoms with Gasteiger partial charge in [-0.05, 0) is 64.4 Å². The van der Waals surface area contributed by atoms with Crippen molar-refractivity contribution >= 4 is 17.6 Å². The maximum atomic E-state index is 13.4. The van der Waals surface area contributed by atoms with Gasteiger partial charge in [-0.15, -0.1) is 0 Å². The van der Waals surface area contributed by atoms with Crippen LogP contribution in [0.4, 0.5) is 11.6 Å². The fourth-order valence-electron chi connectivity index (χ4n) is 3.42. The van der Waals surface area contributed by atoms with Gasteiger partial charge in [0.2, 0.25) is 5.95 Å². The predicted octanol–water partition coefficient (Wildman–Crippen LogP) is 3.57. The van der Waals surface area contributed by atoms with Crippen LogP contribution in [0, 0.1) is 12.8 Å². The number of carbonyl (C=O) groups is 1. The van der Waals surface area contributed by atoms with Gasteiger partial charge in [-0.3, -0.25) is 9.36 Å². The third-order valence-corrected chi connectivity index (χ3v) is 5.56. The summed E-state index contributed by atoms with van der Waals surface area (Å²) in [6, 6.07) is 13.9. The minimum atomic E-state index is -1.10. The molecule has 1 heterocycles. The van der Waals surface area contributed by atoms with Crippen molar-refractivity contribution in [3.05, 3.63) is 80.6 Å². The molecule has 0 radical (unpaired) electrons. The monoisotopic (exact) mass is 466 g/mol. The highest BCUT2D eigenvalue weighted by molar-refractivity contribution is 5.70. The van der Waals surface area contributed by atoms with Gasteiger partial charge in [-0.1, -0.05) is 29.8 Å². The fraction of sp³-hybridized carbons (Fsp3) is 0.360. The summed E-state index contributed by atoms with van der Waals surface area (Å²) >= 11 is 0. The van der Waals surface area contributed by atoms with Crippen molar-refractivity contribution < 1.29 is 14.6 Å². The summed E-state index contributed by atoms with van der Waals surface area (Å²) in [5.41, 5.74) is 1.08. The Bertz CT molecular complexity index is 1260. The molecule has 2 atom stereocenters. The zero-order valence-corrected chi connectivity index (χ0v) is 20.0. The van der Waals surface area contributed by atoms with Gasteiger partial charge >= 0.3 is 17.3 Å². The van der Waals surface area contributed by atoms with Gasteiger partial charge in [-0.25, -0.2) is 14.2 Å². The number of aliphatic carboxylic acids is 1. The van der Waals surface area contributed by atoms with Gasteiger partial charge in [0, 0.05) is 5.69 Å². The molecular weight excluding hydrogens is 436 g/mol. The molecule has 0 saturated heterocycles. The van der Waals surface area contributed by atoms with Crippen LogP contribution in [-0.2, 0) is 11.3 Å². The number of aryl methyl sites for hydroxylation is 1. The Morgan fingerprint density at radius 1 is 1.03 bits per heavy atom. The second kappa shape index (κ2) is 10.4. The van der Waals surface area contributed by atoms with Crippen molar-refractivity contribution in [3.8, 4) is 5.75 Å². The van der Waals surface area contributed by atoms with E-state index in [0.29, 0.717) is 11.4 Å². The van der Waals surface area contributed by atoms with Crippen LogP contribution in [0.2, 0.25) is 0 Å². The molecule has 0 aliphatic rings. The van der Waals surface area contributed by atoms with E-state index in [2.05, 4.69) is 10.3 Å². The standard InChI is InChI=1S/C25H30N4O5/c1-15(2)34-21-12-10-20(11-13-21)26-23-27-24(32)29(18(5)17(4)22(30)31)25(33)28(23)14-19-8-6-16(3)7-9-19/h6-13,15,17-18H,14H2,1-5H3,(H,30,31)(H,26,27,32)/t17-,18+/m1/s1. The zero-order valence-electron chi connectivity index (χ0n) is 20.0. The van der Waals surface area contributed by atoms with Gasteiger partial charge in [0.1, 0.15) is 5.75 Å². The van der Waals surface area contributed by atoms with Crippen LogP contribution in [0.1, 0.15) is 44.9 Å². The summed E-state index contributed by atoms with van der Waals surface area (Å²) in [4.78, 5) is 41.9. The van der Waals surface area contributed by atoms with Crippen LogP contribution in [0.3, 0.4) is 0 Å². The number of hydrogen-bond donors (Lipinski definition) is 2. The van der Waals surface area contributed by atoms with E-state index in [9.17, 15) is 19.5 Å². The van der Waals surface area contributed by atoms with Crippen molar-refractivity contribution in [3.63, 3.8) is 0 Å². The molecule has 0 bridgehead atoms.